The third kappa shape index (κ3) is 4.69. The normalized spacial score (nSPS) is 14.2. The van der Waals surface area contributed by atoms with E-state index in [4.69, 9.17) is 11.6 Å². The van der Waals surface area contributed by atoms with Gasteiger partial charge in [-0.25, -0.2) is 0 Å². The first-order valence-corrected chi connectivity index (χ1v) is 6.50. The Labute approximate surface area is 117 Å². The van der Waals surface area contributed by atoms with Crippen molar-refractivity contribution in [3.05, 3.63) is 33.3 Å². The van der Waals surface area contributed by atoms with Crippen LogP contribution in [0.4, 0.5) is 11.4 Å². The molecule has 1 aromatic carbocycles. The number of hydrogen-bond donors (Lipinski definition) is 2. The standard InChI is InChI=1S/C13H19ClN2O3/c1-9(2)7-13(3,17)8-15-11-6-4-5-10(14)12(11)16(18)19/h4-6,9,15,17H,7-8H2,1-3H3. The molecule has 0 radical (unpaired) electrons. The molecule has 0 amide bonds. The SMILES string of the molecule is CC(C)CC(C)(O)CNc1cccc(Cl)c1[N+](=O)[O-]. The van der Waals surface area contributed by atoms with E-state index in [0.717, 1.165) is 0 Å². The molecule has 0 aromatic heterocycles. The summed E-state index contributed by atoms with van der Waals surface area (Å²) in [6.07, 6.45) is 0.606. The van der Waals surface area contributed by atoms with Crippen LogP contribution >= 0.6 is 11.6 Å². The minimum absolute atomic E-state index is 0.0819. The molecule has 106 valence electrons. The molecule has 1 unspecified atom stereocenters. The number of anilines is 1. The number of para-hydroxylation sites is 1. The first-order valence-electron chi connectivity index (χ1n) is 6.12. The number of nitrogens with zero attached hydrogens (tertiary/aromatic N) is 1. The zero-order chi connectivity index (χ0) is 14.6. The number of halogens is 1. The maximum atomic E-state index is 11.0. The van der Waals surface area contributed by atoms with Crippen LogP contribution in [-0.2, 0) is 0 Å². The van der Waals surface area contributed by atoms with Gasteiger partial charge in [-0.3, -0.25) is 10.1 Å². The Morgan fingerprint density at radius 1 is 1.53 bits per heavy atom. The van der Waals surface area contributed by atoms with Crippen molar-refractivity contribution in [2.24, 2.45) is 5.92 Å². The zero-order valence-corrected chi connectivity index (χ0v) is 12.1. The van der Waals surface area contributed by atoms with Crippen molar-refractivity contribution >= 4 is 23.0 Å². The highest BCUT2D eigenvalue weighted by Crippen LogP contribution is 2.32. The average Bonchev–Trinajstić information content (AvgIpc) is 2.24. The van der Waals surface area contributed by atoms with E-state index in [2.05, 4.69) is 5.32 Å². The second kappa shape index (κ2) is 6.21. The third-order valence-electron chi connectivity index (χ3n) is 2.68. The van der Waals surface area contributed by atoms with Gasteiger partial charge < -0.3 is 10.4 Å². The summed E-state index contributed by atoms with van der Waals surface area (Å²) in [5.41, 5.74) is -0.768. The van der Waals surface area contributed by atoms with E-state index < -0.39 is 10.5 Å². The molecular weight excluding hydrogens is 268 g/mol. The van der Waals surface area contributed by atoms with Crippen LogP contribution in [0.5, 0.6) is 0 Å². The van der Waals surface area contributed by atoms with Crippen LogP contribution in [0.25, 0.3) is 0 Å². The zero-order valence-electron chi connectivity index (χ0n) is 11.3. The van der Waals surface area contributed by atoms with Crippen LogP contribution < -0.4 is 5.32 Å². The summed E-state index contributed by atoms with van der Waals surface area (Å²) in [4.78, 5) is 10.4. The summed E-state index contributed by atoms with van der Waals surface area (Å²) < 4.78 is 0. The van der Waals surface area contributed by atoms with Crippen molar-refractivity contribution in [3.63, 3.8) is 0 Å². The molecule has 0 saturated heterocycles. The highest BCUT2D eigenvalue weighted by atomic mass is 35.5. The maximum Gasteiger partial charge on any atom is 0.310 e. The summed E-state index contributed by atoms with van der Waals surface area (Å²) in [6, 6.07) is 4.68. The minimum Gasteiger partial charge on any atom is -0.388 e. The Balaban J connectivity index is 2.84. The van der Waals surface area contributed by atoms with E-state index in [1.54, 1.807) is 19.1 Å². The lowest BCUT2D eigenvalue weighted by Gasteiger charge is -2.26. The first kappa shape index (κ1) is 15.7. The van der Waals surface area contributed by atoms with Crippen LogP contribution in [-0.4, -0.2) is 22.2 Å². The molecule has 6 heteroatoms. The summed E-state index contributed by atoms with van der Waals surface area (Å²) in [5, 5.41) is 24.1. The Hall–Kier alpha value is -1.33. The van der Waals surface area contributed by atoms with Crippen LogP contribution in [0.1, 0.15) is 27.2 Å². The second-order valence-electron chi connectivity index (χ2n) is 5.34. The van der Waals surface area contributed by atoms with Gasteiger partial charge in [0.25, 0.3) is 0 Å². The van der Waals surface area contributed by atoms with Crippen molar-refractivity contribution < 1.29 is 10.0 Å². The fourth-order valence-corrected chi connectivity index (χ4v) is 2.32. The number of nitro benzene ring substituents is 1. The van der Waals surface area contributed by atoms with Crippen LogP contribution in [0.2, 0.25) is 5.02 Å². The van der Waals surface area contributed by atoms with Gasteiger partial charge in [0.15, 0.2) is 0 Å². The van der Waals surface area contributed by atoms with Crippen LogP contribution in [0.3, 0.4) is 0 Å². The molecule has 2 N–H and O–H groups in total. The van der Waals surface area contributed by atoms with Crippen LogP contribution in [0.15, 0.2) is 18.2 Å². The third-order valence-corrected chi connectivity index (χ3v) is 2.98. The summed E-state index contributed by atoms with van der Waals surface area (Å²) in [7, 11) is 0. The van der Waals surface area contributed by atoms with Gasteiger partial charge in [-0.15, -0.1) is 0 Å². The molecule has 1 atom stereocenters. The molecular formula is C13H19ClN2O3. The van der Waals surface area contributed by atoms with Gasteiger partial charge in [-0.05, 0) is 31.4 Å². The molecule has 1 aromatic rings. The minimum atomic E-state index is -0.926. The summed E-state index contributed by atoms with van der Waals surface area (Å²) in [6.45, 7) is 5.95. The topological polar surface area (TPSA) is 75.4 Å². The Morgan fingerprint density at radius 3 is 2.68 bits per heavy atom. The van der Waals surface area contributed by atoms with E-state index >= 15 is 0 Å². The highest BCUT2D eigenvalue weighted by molar-refractivity contribution is 6.33. The number of nitrogens with one attached hydrogen (secondary N) is 1. The Kier molecular flexibility index (Phi) is 5.14. The van der Waals surface area contributed by atoms with Crippen molar-refractivity contribution in [3.8, 4) is 0 Å². The van der Waals surface area contributed by atoms with Gasteiger partial charge in [0.1, 0.15) is 10.7 Å². The van der Waals surface area contributed by atoms with Crippen molar-refractivity contribution in [2.45, 2.75) is 32.8 Å². The molecule has 0 saturated carbocycles. The fourth-order valence-electron chi connectivity index (χ4n) is 2.08. The van der Waals surface area contributed by atoms with Gasteiger partial charge in [0.05, 0.1) is 10.5 Å². The monoisotopic (exact) mass is 286 g/mol. The maximum absolute atomic E-state index is 11.0. The molecule has 0 fully saturated rings. The molecule has 0 aliphatic rings. The molecule has 1 rings (SSSR count). The quantitative estimate of drug-likeness (QED) is 0.620. The van der Waals surface area contributed by atoms with Crippen molar-refractivity contribution in [1.82, 2.24) is 0 Å². The number of nitro groups is 1. The lowest BCUT2D eigenvalue weighted by atomic mass is 9.94. The lowest BCUT2D eigenvalue weighted by molar-refractivity contribution is -0.383. The van der Waals surface area contributed by atoms with Crippen LogP contribution in [0, 0.1) is 16.0 Å². The number of benzene rings is 1. The number of aliphatic hydroxyl groups is 1. The molecule has 0 aliphatic heterocycles. The first-order chi connectivity index (χ1) is 8.73. The van der Waals surface area contributed by atoms with Gasteiger partial charge >= 0.3 is 5.69 Å². The van der Waals surface area contributed by atoms with E-state index in [1.165, 1.54) is 6.07 Å². The molecule has 0 aliphatic carbocycles. The number of hydrogen-bond acceptors (Lipinski definition) is 4. The highest BCUT2D eigenvalue weighted by Gasteiger charge is 2.24. The fraction of sp³-hybridized carbons (Fsp3) is 0.538. The summed E-state index contributed by atoms with van der Waals surface area (Å²) in [5.74, 6) is 0.339. The predicted octanol–water partition coefficient (Wildman–Crippen LogP) is 3.46. The Morgan fingerprint density at radius 2 is 2.16 bits per heavy atom. The Bertz CT molecular complexity index is 461. The van der Waals surface area contributed by atoms with Gasteiger partial charge in [0.2, 0.25) is 0 Å². The summed E-state index contributed by atoms with van der Waals surface area (Å²) >= 11 is 5.81. The molecule has 0 bridgehead atoms. The van der Waals surface area contributed by atoms with E-state index in [9.17, 15) is 15.2 Å². The average molecular weight is 287 g/mol. The molecule has 5 nitrogen and oxygen atoms in total. The predicted molar refractivity (Wildman–Crippen MR) is 76.7 cm³/mol. The van der Waals surface area contributed by atoms with Gasteiger partial charge in [-0.2, -0.15) is 0 Å². The van der Waals surface area contributed by atoms with Crippen molar-refractivity contribution in [2.75, 3.05) is 11.9 Å². The van der Waals surface area contributed by atoms with E-state index in [0.29, 0.717) is 18.0 Å². The van der Waals surface area contributed by atoms with Gasteiger partial charge in [-0.1, -0.05) is 31.5 Å². The second-order valence-corrected chi connectivity index (χ2v) is 5.75. The smallest absolute Gasteiger partial charge is 0.310 e. The number of rotatable bonds is 6. The molecule has 0 heterocycles. The van der Waals surface area contributed by atoms with E-state index in [-0.39, 0.29) is 17.3 Å². The van der Waals surface area contributed by atoms with Gasteiger partial charge in [0, 0.05) is 6.54 Å². The lowest BCUT2D eigenvalue weighted by Crippen LogP contribution is -2.35. The van der Waals surface area contributed by atoms with E-state index in [1.807, 2.05) is 13.8 Å². The molecule has 0 spiro atoms. The largest absolute Gasteiger partial charge is 0.388 e. The molecule has 19 heavy (non-hydrogen) atoms. The van der Waals surface area contributed by atoms with Crippen molar-refractivity contribution in [1.29, 1.82) is 0 Å².